The highest BCUT2D eigenvalue weighted by molar-refractivity contribution is 6.01. The van der Waals surface area contributed by atoms with Gasteiger partial charge in [0.1, 0.15) is 5.82 Å². The van der Waals surface area contributed by atoms with E-state index in [-0.39, 0.29) is 24.5 Å². The fraction of sp³-hybridized carbons (Fsp3) is 0.450. The summed E-state index contributed by atoms with van der Waals surface area (Å²) in [7, 11) is 0. The molecule has 2 aliphatic carbocycles. The monoisotopic (exact) mass is 717 g/mol. The first-order valence-corrected chi connectivity index (χ1v) is 18.3. The average molecular weight is 718 g/mol. The Bertz CT molecular complexity index is 1810. The number of H-pyrrole nitrogens is 1. The van der Waals surface area contributed by atoms with E-state index < -0.39 is 0 Å². The molecule has 2 heterocycles. The summed E-state index contributed by atoms with van der Waals surface area (Å²) >= 11 is 0. The Hall–Kier alpha value is -4.65. The molecule has 0 saturated carbocycles. The fourth-order valence-corrected chi connectivity index (χ4v) is 6.50. The SMILES string of the molecule is CCOc1cc2c(cc1OCCCO)Cc1c(Nc3cccc(F)c3)n[nH]c1-2.CCOc1cc2c(cc1OCCCOC1CCCCO1)CCC2=O. The number of halogens is 1. The predicted octanol–water partition coefficient (Wildman–Crippen LogP) is 7.55. The van der Waals surface area contributed by atoms with E-state index in [0.717, 1.165) is 71.6 Å². The van der Waals surface area contributed by atoms with Gasteiger partial charge in [-0.3, -0.25) is 9.89 Å². The number of hydrogen-bond donors (Lipinski definition) is 3. The quantitative estimate of drug-likeness (QED) is 0.0879. The Morgan fingerprint density at radius 2 is 1.62 bits per heavy atom. The lowest BCUT2D eigenvalue weighted by Gasteiger charge is -2.22. The molecule has 0 spiro atoms. The maximum Gasteiger partial charge on any atom is 0.163 e. The van der Waals surface area contributed by atoms with Gasteiger partial charge in [0.25, 0.3) is 0 Å². The third-order valence-electron chi connectivity index (χ3n) is 9.00. The van der Waals surface area contributed by atoms with Crippen molar-refractivity contribution in [2.45, 2.75) is 71.5 Å². The highest BCUT2D eigenvalue weighted by Gasteiger charge is 2.27. The molecule has 0 radical (unpaired) electrons. The molecule has 278 valence electrons. The number of rotatable bonds is 16. The second kappa shape index (κ2) is 18.2. The molecule has 1 atom stereocenters. The summed E-state index contributed by atoms with van der Waals surface area (Å²) < 4.78 is 47.8. The smallest absolute Gasteiger partial charge is 0.163 e. The van der Waals surface area contributed by atoms with Crippen LogP contribution in [0, 0.1) is 5.82 Å². The number of aliphatic hydroxyl groups is 1. The molecular weight excluding hydrogens is 669 g/mol. The molecule has 3 N–H and O–H groups in total. The summed E-state index contributed by atoms with van der Waals surface area (Å²) in [5, 5.41) is 19.6. The standard InChI is InChI=1S/C21H22FN3O3.C19H26O5/c1-2-27-19-12-16-13(10-18(19)28-8-4-7-26)9-17-20(16)24-25-21(17)23-15-6-3-5-14(22)11-15;1-2-21-18-13-15-14(7-8-16(15)20)12-17(18)22-10-5-11-24-19-6-3-4-9-23-19/h3,5-6,10-12,26H,2,4,7-9H2,1H3,(H2,23,24,25);12-13,19H,2-11H2,1H3. The topological polar surface area (TPSA) is 133 Å². The van der Waals surface area contributed by atoms with Crippen LogP contribution in [-0.4, -0.2) is 73.6 Å². The highest BCUT2D eigenvalue weighted by atomic mass is 19.1. The maximum atomic E-state index is 13.5. The van der Waals surface area contributed by atoms with E-state index in [4.69, 9.17) is 33.5 Å². The minimum Gasteiger partial charge on any atom is -0.490 e. The summed E-state index contributed by atoms with van der Waals surface area (Å²) in [4.78, 5) is 11.9. The van der Waals surface area contributed by atoms with Gasteiger partial charge in [0.2, 0.25) is 0 Å². The van der Waals surface area contributed by atoms with E-state index in [1.165, 1.54) is 18.6 Å². The number of benzene rings is 3. The Kier molecular flexibility index (Phi) is 13.0. The molecule has 4 aromatic rings. The summed E-state index contributed by atoms with van der Waals surface area (Å²) in [6.45, 7) is 7.41. The lowest BCUT2D eigenvalue weighted by atomic mass is 10.1. The number of fused-ring (bicyclic) bond motifs is 4. The minimum atomic E-state index is -0.300. The van der Waals surface area contributed by atoms with Gasteiger partial charge in [-0.2, -0.15) is 5.10 Å². The number of Topliss-reactive ketones (excluding diaryl/α,β-unsaturated/α-hetero) is 1. The van der Waals surface area contributed by atoms with Crippen LogP contribution in [0.3, 0.4) is 0 Å². The molecule has 0 amide bonds. The van der Waals surface area contributed by atoms with Crippen molar-refractivity contribution in [1.29, 1.82) is 0 Å². The first-order chi connectivity index (χ1) is 25.5. The molecule has 1 aliphatic heterocycles. The molecule has 3 aliphatic rings. The first kappa shape index (κ1) is 37.1. The van der Waals surface area contributed by atoms with Gasteiger partial charge in [0.15, 0.2) is 40.9 Å². The van der Waals surface area contributed by atoms with E-state index in [1.807, 2.05) is 38.1 Å². The molecule has 52 heavy (non-hydrogen) atoms. The molecule has 1 saturated heterocycles. The third kappa shape index (κ3) is 9.22. The number of nitrogens with zero attached hydrogens (tertiary/aromatic N) is 1. The minimum absolute atomic E-state index is 0.0521. The van der Waals surface area contributed by atoms with Crippen LogP contribution in [-0.2, 0) is 22.3 Å². The number of aromatic amines is 1. The van der Waals surface area contributed by atoms with Crippen molar-refractivity contribution in [3.05, 3.63) is 76.6 Å². The van der Waals surface area contributed by atoms with Crippen LogP contribution in [0.1, 0.15) is 79.4 Å². The first-order valence-electron chi connectivity index (χ1n) is 18.3. The van der Waals surface area contributed by atoms with Crippen molar-refractivity contribution in [2.24, 2.45) is 0 Å². The van der Waals surface area contributed by atoms with Crippen molar-refractivity contribution in [3.8, 4) is 34.3 Å². The summed E-state index contributed by atoms with van der Waals surface area (Å²) in [5.74, 6) is 3.29. The lowest BCUT2D eigenvalue weighted by Crippen LogP contribution is -2.23. The van der Waals surface area contributed by atoms with Gasteiger partial charge in [-0.25, -0.2) is 4.39 Å². The largest absolute Gasteiger partial charge is 0.490 e. The molecular formula is C40H48FN3O8. The van der Waals surface area contributed by atoms with Gasteiger partial charge < -0.3 is 38.8 Å². The maximum absolute atomic E-state index is 13.5. The van der Waals surface area contributed by atoms with Crippen LogP contribution >= 0.6 is 0 Å². The van der Waals surface area contributed by atoms with Crippen molar-refractivity contribution in [1.82, 2.24) is 10.2 Å². The summed E-state index contributed by atoms with van der Waals surface area (Å²) in [6, 6.07) is 14.0. The number of aryl methyl sites for hydroxylation is 1. The second-order valence-electron chi connectivity index (χ2n) is 12.7. The number of hydrogen-bond acceptors (Lipinski definition) is 10. The van der Waals surface area contributed by atoms with E-state index in [1.54, 1.807) is 12.1 Å². The second-order valence-corrected chi connectivity index (χ2v) is 12.7. The molecule has 1 fully saturated rings. The molecule has 1 aromatic heterocycles. The molecule has 1 unspecified atom stereocenters. The fourth-order valence-electron chi connectivity index (χ4n) is 6.50. The van der Waals surface area contributed by atoms with Crippen molar-refractivity contribution in [2.75, 3.05) is 51.6 Å². The third-order valence-corrected chi connectivity index (χ3v) is 9.00. The van der Waals surface area contributed by atoms with Crippen LogP contribution < -0.4 is 24.3 Å². The van der Waals surface area contributed by atoms with E-state index >= 15 is 0 Å². The molecule has 12 heteroatoms. The van der Waals surface area contributed by atoms with E-state index in [9.17, 15) is 9.18 Å². The van der Waals surface area contributed by atoms with Gasteiger partial charge in [-0.1, -0.05) is 6.07 Å². The number of ketones is 1. The van der Waals surface area contributed by atoms with Crippen LogP contribution in [0.4, 0.5) is 15.9 Å². The lowest BCUT2D eigenvalue weighted by molar-refractivity contribution is -0.163. The summed E-state index contributed by atoms with van der Waals surface area (Å²) in [6.07, 6.45) is 6.64. The van der Waals surface area contributed by atoms with Crippen LogP contribution in [0.2, 0.25) is 0 Å². The zero-order valence-electron chi connectivity index (χ0n) is 29.9. The van der Waals surface area contributed by atoms with Crippen LogP contribution in [0.5, 0.6) is 23.0 Å². The van der Waals surface area contributed by atoms with Gasteiger partial charge in [-0.15, -0.1) is 0 Å². The van der Waals surface area contributed by atoms with E-state index in [2.05, 4.69) is 15.5 Å². The number of nitrogens with one attached hydrogen (secondary N) is 2. The zero-order chi connectivity index (χ0) is 36.3. The summed E-state index contributed by atoms with van der Waals surface area (Å²) in [5.41, 5.74) is 6.56. The van der Waals surface area contributed by atoms with Crippen molar-refractivity contribution < 1.29 is 42.7 Å². The number of ether oxygens (including phenoxy) is 6. The zero-order valence-corrected chi connectivity index (χ0v) is 29.9. The van der Waals surface area contributed by atoms with Gasteiger partial charge >= 0.3 is 0 Å². The molecule has 3 aromatic carbocycles. The van der Waals surface area contributed by atoms with Gasteiger partial charge in [0.05, 0.1) is 38.7 Å². The Balaban J connectivity index is 0.000000181. The molecule has 7 rings (SSSR count). The average Bonchev–Trinajstić information content (AvgIpc) is 3.83. The Labute approximate surface area is 303 Å². The van der Waals surface area contributed by atoms with Crippen LogP contribution in [0.15, 0.2) is 48.5 Å². The number of carbonyl (C=O) groups excluding carboxylic acids is 1. The molecule has 11 nitrogen and oxygen atoms in total. The number of aliphatic hydroxyl groups excluding tert-OH is 1. The van der Waals surface area contributed by atoms with Gasteiger partial charge in [-0.05, 0) is 93.1 Å². The number of aromatic nitrogens is 2. The van der Waals surface area contributed by atoms with E-state index in [0.29, 0.717) is 81.1 Å². The van der Waals surface area contributed by atoms with Crippen LogP contribution in [0.25, 0.3) is 11.3 Å². The normalized spacial score (nSPS) is 15.6. The number of carbonyl (C=O) groups is 1. The molecule has 0 bridgehead atoms. The van der Waals surface area contributed by atoms with Gasteiger partial charge in [0, 0.05) is 61.3 Å². The van der Waals surface area contributed by atoms with Crippen molar-refractivity contribution in [3.63, 3.8) is 0 Å². The highest BCUT2D eigenvalue weighted by Crippen LogP contribution is 2.44. The number of anilines is 2. The van der Waals surface area contributed by atoms with Crippen molar-refractivity contribution >= 4 is 17.3 Å². The predicted molar refractivity (Wildman–Crippen MR) is 195 cm³/mol. The Morgan fingerprint density at radius 1 is 0.885 bits per heavy atom. The Morgan fingerprint density at radius 3 is 2.33 bits per heavy atom.